The second-order valence-electron chi connectivity index (χ2n) is 7.60. The fourth-order valence-electron chi connectivity index (χ4n) is 3.37. The summed E-state index contributed by atoms with van der Waals surface area (Å²) in [6.45, 7) is 4.54. The topological polar surface area (TPSA) is 48.4 Å². The molecule has 0 bridgehead atoms. The molecule has 1 atom stereocenters. The van der Waals surface area contributed by atoms with Crippen molar-refractivity contribution in [3.05, 3.63) is 48.2 Å². The molecule has 1 fully saturated rings. The van der Waals surface area contributed by atoms with Gasteiger partial charge in [-0.05, 0) is 55.4 Å². The van der Waals surface area contributed by atoms with E-state index in [0.29, 0.717) is 36.7 Å². The molecule has 0 aliphatic heterocycles. The molecule has 0 radical (unpaired) electrons. The van der Waals surface area contributed by atoms with Crippen LogP contribution in [-0.2, 0) is 9.53 Å². The zero-order chi connectivity index (χ0) is 20.1. The monoisotopic (exact) mass is 389 g/mol. The molecule has 1 aliphatic rings. The Bertz CT molecular complexity index is 804. The highest BCUT2D eigenvalue weighted by molar-refractivity contribution is 5.75. The average molecular weight is 389 g/mol. The van der Waals surface area contributed by atoms with Crippen LogP contribution in [0.1, 0.15) is 33.1 Å². The summed E-state index contributed by atoms with van der Waals surface area (Å²) in [6.07, 6.45) is 3.90. The Morgan fingerprint density at radius 1 is 1.21 bits per heavy atom. The predicted octanol–water partition coefficient (Wildman–Crippen LogP) is 4.82. The lowest BCUT2D eigenvalue weighted by atomic mass is 9.83. The van der Waals surface area contributed by atoms with Crippen molar-refractivity contribution < 1.29 is 23.0 Å². The van der Waals surface area contributed by atoms with Gasteiger partial charge in [-0.2, -0.15) is 0 Å². The Morgan fingerprint density at radius 2 is 1.93 bits per heavy atom. The lowest BCUT2D eigenvalue weighted by Crippen LogP contribution is -2.36. The molecule has 2 aromatic rings. The summed E-state index contributed by atoms with van der Waals surface area (Å²) in [7, 11) is 0. The third kappa shape index (κ3) is 5.35. The number of aromatic nitrogens is 1. The van der Waals surface area contributed by atoms with Crippen molar-refractivity contribution in [2.75, 3.05) is 13.2 Å². The summed E-state index contributed by atoms with van der Waals surface area (Å²) < 4.78 is 39.2. The van der Waals surface area contributed by atoms with Crippen LogP contribution in [-0.4, -0.2) is 30.1 Å². The standard InChI is InChI=1S/C22H25F2NO3/c1-14(9-15(2)26)12-27-19-10-16(11-19)13-28-22-21(24)20(7-8-25-22)17-3-5-18(23)6-4-17/h3-8,14,16,19H,9-13H2,1-2H3/t14-,16?,19?/m1/s1. The number of hydrogen-bond acceptors (Lipinski definition) is 4. The van der Waals surface area contributed by atoms with E-state index in [2.05, 4.69) is 4.98 Å². The van der Waals surface area contributed by atoms with Crippen molar-refractivity contribution >= 4 is 5.78 Å². The molecule has 1 saturated carbocycles. The van der Waals surface area contributed by atoms with Crippen molar-refractivity contribution in [1.29, 1.82) is 0 Å². The number of hydrogen-bond donors (Lipinski definition) is 0. The van der Waals surface area contributed by atoms with Crippen LogP contribution < -0.4 is 4.74 Å². The maximum atomic E-state index is 14.7. The van der Waals surface area contributed by atoms with E-state index in [4.69, 9.17) is 9.47 Å². The van der Waals surface area contributed by atoms with Gasteiger partial charge in [0.2, 0.25) is 0 Å². The summed E-state index contributed by atoms with van der Waals surface area (Å²) in [5, 5.41) is 0. The number of carbonyl (C=O) groups excluding carboxylic acids is 1. The molecule has 0 N–H and O–H groups in total. The van der Waals surface area contributed by atoms with Gasteiger partial charge >= 0.3 is 0 Å². The minimum Gasteiger partial charge on any atom is -0.475 e. The maximum absolute atomic E-state index is 14.7. The van der Waals surface area contributed by atoms with Crippen LogP contribution in [0, 0.1) is 23.5 Å². The number of nitrogens with zero attached hydrogens (tertiary/aromatic N) is 1. The summed E-state index contributed by atoms with van der Waals surface area (Å²) in [4.78, 5) is 15.1. The highest BCUT2D eigenvalue weighted by atomic mass is 19.1. The molecule has 0 unspecified atom stereocenters. The summed E-state index contributed by atoms with van der Waals surface area (Å²) >= 11 is 0. The van der Waals surface area contributed by atoms with E-state index in [1.54, 1.807) is 13.0 Å². The zero-order valence-electron chi connectivity index (χ0n) is 16.2. The van der Waals surface area contributed by atoms with Gasteiger partial charge in [-0.1, -0.05) is 19.1 Å². The van der Waals surface area contributed by atoms with Crippen molar-refractivity contribution in [3.8, 4) is 17.0 Å². The number of pyridine rings is 1. The van der Waals surface area contributed by atoms with Crippen LogP contribution in [0.5, 0.6) is 5.88 Å². The Hall–Kier alpha value is -2.34. The number of rotatable bonds is 9. The fourth-order valence-corrected chi connectivity index (χ4v) is 3.37. The molecule has 1 aromatic carbocycles. The van der Waals surface area contributed by atoms with Crippen LogP contribution in [0.3, 0.4) is 0 Å². The van der Waals surface area contributed by atoms with Gasteiger partial charge in [-0.3, -0.25) is 0 Å². The van der Waals surface area contributed by atoms with Crippen molar-refractivity contribution in [2.24, 2.45) is 11.8 Å². The van der Waals surface area contributed by atoms with E-state index in [0.717, 1.165) is 12.8 Å². The molecule has 6 heteroatoms. The third-order valence-electron chi connectivity index (χ3n) is 4.91. The van der Waals surface area contributed by atoms with Crippen LogP contribution in [0.25, 0.3) is 11.1 Å². The molecule has 4 nitrogen and oxygen atoms in total. The highest BCUT2D eigenvalue weighted by Gasteiger charge is 2.31. The molecule has 1 heterocycles. The molecular weight excluding hydrogens is 364 g/mol. The second kappa shape index (κ2) is 9.24. The molecule has 0 saturated heterocycles. The lowest BCUT2D eigenvalue weighted by molar-refractivity contribution is -0.119. The quantitative estimate of drug-likeness (QED) is 0.617. The van der Waals surface area contributed by atoms with E-state index in [-0.39, 0.29) is 29.5 Å². The molecule has 1 aromatic heterocycles. The fraction of sp³-hybridized carbons (Fsp3) is 0.455. The number of Topliss-reactive ketones (excluding diaryl/α,β-unsaturated/α-hetero) is 1. The minimum absolute atomic E-state index is 0.0405. The highest BCUT2D eigenvalue weighted by Crippen LogP contribution is 2.32. The molecule has 3 rings (SSSR count). The normalized spacial score (nSPS) is 19.7. The number of halogens is 2. The smallest absolute Gasteiger partial charge is 0.251 e. The van der Waals surface area contributed by atoms with E-state index in [9.17, 15) is 13.6 Å². The first-order valence-electron chi connectivity index (χ1n) is 9.56. The van der Waals surface area contributed by atoms with Gasteiger partial charge in [0.05, 0.1) is 12.7 Å². The van der Waals surface area contributed by atoms with Gasteiger partial charge < -0.3 is 14.3 Å². The van der Waals surface area contributed by atoms with E-state index >= 15 is 0 Å². The first kappa shape index (κ1) is 20.4. The van der Waals surface area contributed by atoms with Gasteiger partial charge in [0.25, 0.3) is 5.88 Å². The Morgan fingerprint density at radius 3 is 2.61 bits per heavy atom. The van der Waals surface area contributed by atoms with Gasteiger partial charge in [0, 0.05) is 24.8 Å². The third-order valence-corrected chi connectivity index (χ3v) is 4.91. The van der Waals surface area contributed by atoms with E-state index in [1.165, 1.54) is 30.5 Å². The predicted molar refractivity (Wildman–Crippen MR) is 102 cm³/mol. The van der Waals surface area contributed by atoms with Crippen LogP contribution in [0.4, 0.5) is 8.78 Å². The molecule has 0 spiro atoms. The summed E-state index contributed by atoms with van der Waals surface area (Å²) in [5.41, 5.74) is 0.905. The summed E-state index contributed by atoms with van der Waals surface area (Å²) in [5.74, 6) is -0.259. The van der Waals surface area contributed by atoms with Crippen LogP contribution >= 0.6 is 0 Å². The van der Waals surface area contributed by atoms with E-state index < -0.39 is 5.82 Å². The van der Waals surface area contributed by atoms with Crippen molar-refractivity contribution in [1.82, 2.24) is 4.98 Å². The van der Waals surface area contributed by atoms with Crippen molar-refractivity contribution in [2.45, 2.75) is 39.2 Å². The lowest BCUT2D eigenvalue weighted by Gasteiger charge is -2.35. The Kier molecular flexibility index (Phi) is 6.73. The first-order chi connectivity index (χ1) is 13.4. The number of ketones is 1. The minimum atomic E-state index is -0.542. The molecular formula is C22H25F2NO3. The van der Waals surface area contributed by atoms with E-state index in [1.807, 2.05) is 6.92 Å². The number of benzene rings is 1. The average Bonchev–Trinajstić information content (AvgIpc) is 2.61. The molecule has 1 aliphatic carbocycles. The zero-order valence-corrected chi connectivity index (χ0v) is 16.2. The van der Waals surface area contributed by atoms with Crippen molar-refractivity contribution in [3.63, 3.8) is 0 Å². The summed E-state index contributed by atoms with van der Waals surface area (Å²) in [6, 6.07) is 7.19. The van der Waals surface area contributed by atoms with Crippen LogP contribution in [0.2, 0.25) is 0 Å². The van der Waals surface area contributed by atoms with Gasteiger partial charge in [0.1, 0.15) is 11.6 Å². The number of carbonyl (C=O) groups is 1. The van der Waals surface area contributed by atoms with Gasteiger partial charge in [-0.25, -0.2) is 13.8 Å². The molecule has 28 heavy (non-hydrogen) atoms. The molecule has 0 amide bonds. The Balaban J connectivity index is 1.47. The second-order valence-corrected chi connectivity index (χ2v) is 7.60. The van der Waals surface area contributed by atoms with Gasteiger partial charge in [0.15, 0.2) is 5.82 Å². The Labute approximate surface area is 163 Å². The van der Waals surface area contributed by atoms with Gasteiger partial charge in [-0.15, -0.1) is 0 Å². The first-order valence-corrected chi connectivity index (χ1v) is 9.56. The number of ether oxygens (including phenoxy) is 2. The maximum Gasteiger partial charge on any atom is 0.251 e. The van der Waals surface area contributed by atoms with Crippen LogP contribution in [0.15, 0.2) is 36.5 Å². The molecule has 150 valence electrons. The SMILES string of the molecule is CC(=O)C[C@@H](C)COC1CC(COc2nccc(-c3ccc(F)cc3)c2F)C1. The largest absolute Gasteiger partial charge is 0.475 e.